The van der Waals surface area contributed by atoms with Crippen molar-refractivity contribution in [2.24, 2.45) is 0 Å². The van der Waals surface area contributed by atoms with Crippen LogP contribution in [0.1, 0.15) is 44.2 Å². The number of ether oxygens (including phenoxy) is 1. The smallest absolute Gasteiger partial charge is 0.317 e. The second-order valence-electron chi connectivity index (χ2n) is 8.91. The first-order valence-electron chi connectivity index (χ1n) is 11.5. The molecule has 9 nitrogen and oxygen atoms in total. The number of fused-ring (bicyclic) bond motifs is 2. The number of nitrogens with zero attached hydrogens (tertiary/aromatic N) is 5. The molecule has 1 saturated heterocycles. The average molecular weight is 466 g/mol. The van der Waals surface area contributed by atoms with Crippen molar-refractivity contribution in [3.05, 3.63) is 53.9 Å². The molecule has 0 bridgehead atoms. The monoisotopic (exact) mass is 465 g/mol. The maximum absolute atomic E-state index is 14.1. The van der Waals surface area contributed by atoms with E-state index < -0.39 is 11.9 Å². The molecule has 3 aromatic heterocycles. The van der Waals surface area contributed by atoms with Crippen molar-refractivity contribution in [3.8, 4) is 17.0 Å². The molecule has 0 aliphatic carbocycles. The lowest BCUT2D eigenvalue weighted by molar-refractivity contribution is 0.206. The van der Waals surface area contributed by atoms with Crippen LogP contribution in [0.2, 0.25) is 0 Å². The van der Waals surface area contributed by atoms with E-state index in [1.807, 2.05) is 16.5 Å². The molecule has 2 aliphatic rings. The number of carbonyl (C=O) groups excluding carboxylic acids is 1. The van der Waals surface area contributed by atoms with E-state index in [0.29, 0.717) is 18.8 Å². The molecule has 2 aliphatic heterocycles. The normalized spacial score (nSPS) is 19.9. The van der Waals surface area contributed by atoms with Crippen molar-refractivity contribution in [1.29, 1.82) is 0 Å². The largest absolute Gasteiger partial charge is 0.480 e. The van der Waals surface area contributed by atoms with Gasteiger partial charge in [-0.15, -0.1) is 0 Å². The highest BCUT2D eigenvalue weighted by molar-refractivity contribution is 5.75. The van der Waals surface area contributed by atoms with Gasteiger partial charge in [0.05, 0.1) is 5.69 Å². The van der Waals surface area contributed by atoms with Gasteiger partial charge in [-0.1, -0.05) is 0 Å². The number of nitrogen functional groups attached to an aromatic ring is 1. The molecule has 0 radical (unpaired) electrons. The van der Waals surface area contributed by atoms with Crippen molar-refractivity contribution >= 4 is 11.8 Å². The third kappa shape index (κ3) is 3.82. The Kier molecular flexibility index (Phi) is 5.59. The molecule has 2 amide bonds. The van der Waals surface area contributed by atoms with Crippen LogP contribution in [-0.4, -0.2) is 50.3 Å². The lowest BCUT2D eigenvalue weighted by Gasteiger charge is -2.23. The third-order valence-electron chi connectivity index (χ3n) is 6.75. The van der Waals surface area contributed by atoms with Crippen LogP contribution in [-0.2, 0) is 12.0 Å². The molecule has 1 spiro atoms. The molecule has 2 atom stereocenters. The summed E-state index contributed by atoms with van der Waals surface area (Å²) in [5, 5.41) is 7.69. The molecular weight excluding hydrogens is 437 g/mol. The molecule has 5 heterocycles. The van der Waals surface area contributed by atoms with Gasteiger partial charge in [0.1, 0.15) is 17.6 Å². The Bertz CT molecular complexity index is 1230. The summed E-state index contributed by atoms with van der Waals surface area (Å²) in [5.41, 5.74) is 8.83. The van der Waals surface area contributed by atoms with E-state index in [9.17, 15) is 9.18 Å². The molecule has 178 valence electrons. The molecule has 1 fully saturated rings. The first kappa shape index (κ1) is 22.1. The number of aryl methyl sites for hydroxylation is 1. The minimum absolute atomic E-state index is 0.0134. The minimum atomic E-state index is -0.644. The number of aromatic nitrogens is 4. The van der Waals surface area contributed by atoms with E-state index >= 15 is 0 Å². The van der Waals surface area contributed by atoms with E-state index in [1.165, 1.54) is 18.3 Å². The topological polar surface area (TPSA) is 111 Å². The zero-order chi connectivity index (χ0) is 23.9. The Morgan fingerprint density at radius 1 is 1.32 bits per heavy atom. The maximum atomic E-state index is 14.1. The Balaban J connectivity index is 1.39. The number of urea groups is 1. The van der Waals surface area contributed by atoms with Crippen molar-refractivity contribution < 1.29 is 13.9 Å². The number of halogens is 1. The van der Waals surface area contributed by atoms with Gasteiger partial charge in [0.2, 0.25) is 0 Å². The van der Waals surface area contributed by atoms with Crippen molar-refractivity contribution in [3.63, 3.8) is 0 Å². The van der Waals surface area contributed by atoms with Gasteiger partial charge in [-0.25, -0.2) is 14.2 Å². The fourth-order valence-electron chi connectivity index (χ4n) is 4.96. The summed E-state index contributed by atoms with van der Waals surface area (Å²) in [7, 11) is 0. The molecule has 3 aromatic rings. The van der Waals surface area contributed by atoms with Crippen molar-refractivity contribution in [1.82, 2.24) is 30.0 Å². The van der Waals surface area contributed by atoms with E-state index in [2.05, 4.69) is 21.4 Å². The Hall–Kier alpha value is -3.69. The second kappa shape index (κ2) is 8.58. The Labute approximate surface area is 197 Å². The van der Waals surface area contributed by atoms with Crippen LogP contribution in [0.5, 0.6) is 5.75 Å². The molecular formula is C24H28FN7O2. The van der Waals surface area contributed by atoms with Gasteiger partial charge in [0, 0.05) is 55.2 Å². The molecule has 5 rings (SSSR count). The number of rotatable bonds is 5. The highest BCUT2D eigenvalue weighted by Gasteiger charge is 2.46. The summed E-state index contributed by atoms with van der Waals surface area (Å²) in [6.07, 6.45) is 4.42. The lowest BCUT2D eigenvalue weighted by atomic mass is 9.82. The summed E-state index contributed by atoms with van der Waals surface area (Å²) in [6, 6.07) is 6.72. The molecule has 3 N–H and O–H groups in total. The number of nitrogens with one attached hydrogen (secondary N) is 1. The summed E-state index contributed by atoms with van der Waals surface area (Å²) in [4.78, 5) is 22.6. The summed E-state index contributed by atoms with van der Waals surface area (Å²) in [6.45, 7) is 6.48. The first-order chi connectivity index (χ1) is 16.4. The number of pyridine rings is 2. The average Bonchev–Trinajstić information content (AvgIpc) is 3.53. The predicted octanol–water partition coefficient (Wildman–Crippen LogP) is 3.28. The van der Waals surface area contributed by atoms with E-state index in [-0.39, 0.29) is 23.0 Å². The van der Waals surface area contributed by atoms with Crippen LogP contribution >= 0.6 is 0 Å². The fraction of sp³-hybridized carbons (Fsp3) is 0.417. The van der Waals surface area contributed by atoms with Crippen LogP contribution in [0.4, 0.5) is 15.0 Å². The van der Waals surface area contributed by atoms with Gasteiger partial charge in [-0.05, 0) is 51.0 Å². The lowest BCUT2D eigenvalue weighted by Crippen LogP contribution is -2.40. The first-order valence-corrected chi connectivity index (χ1v) is 11.5. The van der Waals surface area contributed by atoms with Crippen LogP contribution in [0.15, 0.2) is 36.7 Å². The number of hydrogen-bond acceptors (Lipinski definition) is 6. The van der Waals surface area contributed by atoms with Crippen LogP contribution in [0.25, 0.3) is 11.3 Å². The number of anilines is 1. The van der Waals surface area contributed by atoms with Crippen LogP contribution in [0, 0.1) is 5.82 Å². The predicted molar refractivity (Wildman–Crippen MR) is 125 cm³/mol. The standard InChI is InChI=1S/C24H28FN7O2/c1-3-27-23(33)31-9-6-24(14-31)7-10-32-20(24)12-18(30-32)16-11-19(22(26)29-13-16)34-15(2)21-17(25)5-4-8-28-21/h4-5,8,11-13,15H,3,6-7,9-10,14H2,1-2H3,(H2,26,29)(H,27,33)/t15?,24-/m1/s1. The zero-order valence-electron chi connectivity index (χ0n) is 19.3. The minimum Gasteiger partial charge on any atom is -0.480 e. The van der Waals surface area contributed by atoms with Gasteiger partial charge in [-0.2, -0.15) is 5.10 Å². The quantitative estimate of drug-likeness (QED) is 0.598. The summed E-state index contributed by atoms with van der Waals surface area (Å²) in [5.74, 6) is 0.122. The number of nitrogens with two attached hydrogens (primary N) is 1. The van der Waals surface area contributed by atoms with Crippen LogP contribution < -0.4 is 15.8 Å². The number of hydrogen-bond donors (Lipinski definition) is 2. The van der Waals surface area contributed by atoms with Crippen molar-refractivity contribution in [2.45, 2.75) is 44.8 Å². The SMILES string of the molecule is CCNC(=O)N1CC[C@@]2(CCn3nc(-c4cnc(N)c(OC(C)c5ncccc5F)c4)cc32)C1. The molecule has 34 heavy (non-hydrogen) atoms. The van der Waals surface area contributed by atoms with Crippen molar-refractivity contribution in [2.75, 3.05) is 25.4 Å². The second-order valence-corrected chi connectivity index (χ2v) is 8.91. The summed E-state index contributed by atoms with van der Waals surface area (Å²) < 4.78 is 22.1. The highest BCUT2D eigenvalue weighted by Crippen LogP contribution is 2.44. The fourth-order valence-corrected chi connectivity index (χ4v) is 4.96. The molecule has 1 unspecified atom stereocenters. The molecule has 0 saturated carbocycles. The van der Waals surface area contributed by atoms with E-state index in [4.69, 9.17) is 15.6 Å². The van der Waals surface area contributed by atoms with Gasteiger partial charge in [0.15, 0.2) is 11.6 Å². The number of amides is 2. The van der Waals surface area contributed by atoms with Gasteiger partial charge < -0.3 is 20.7 Å². The number of likely N-dealkylation sites (tertiary alicyclic amines) is 1. The van der Waals surface area contributed by atoms with Gasteiger partial charge in [0.25, 0.3) is 0 Å². The zero-order valence-corrected chi connectivity index (χ0v) is 19.3. The highest BCUT2D eigenvalue weighted by atomic mass is 19.1. The Morgan fingerprint density at radius 3 is 2.94 bits per heavy atom. The molecule has 10 heteroatoms. The van der Waals surface area contributed by atoms with Gasteiger partial charge >= 0.3 is 6.03 Å². The summed E-state index contributed by atoms with van der Waals surface area (Å²) >= 11 is 0. The Morgan fingerprint density at radius 2 is 2.15 bits per heavy atom. The molecule has 0 aromatic carbocycles. The number of carbonyl (C=O) groups is 1. The third-order valence-corrected chi connectivity index (χ3v) is 6.75. The van der Waals surface area contributed by atoms with Gasteiger partial charge in [-0.3, -0.25) is 9.67 Å². The van der Waals surface area contributed by atoms with E-state index in [0.717, 1.165) is 42.9 Å². The van der Waals surface area contributed by atoms with Crippen LogP contribution in [0.3, 0.4) is 0 Å². The van der Waals surface area contributed by atoms with E-state index in [1.54, 1.807) is 19.2 Å². The maximum Gasteiger partial charge on any atom is 0.317 e.